The maximum absolute atomic E-state index is 12.7. The number of ether oxygens (including phenoxy) is 1. The van der Waals surface area contributed by atoms with Crippen molar-refractivity contribution in [2.24, 2.45) is 0 Å². The van der Waals surface area contributed by atoms with Gasteiger partial charge in [-0.05, 0) is 50.3 Å². The Kier molecular flexibility index (Phi) is 12.8. The number of rotatable bonds is 14. The summed E-state index contributed by atoms with van der Waals surface area (Å²) in [4.78, 5) is 25.2. The number of carbonyl (C=O) groups is 2. The quantitative estimate of drug-likeness (QED) is 0.174. The van der Waals surface area contributed by atoms with Gasteiger partial charge in [0.15, 0.2) is 0 Å². The SMILES string of the molecule is CC(C)(C)OC(=O)N[C@H](Cc1ccccc1)[C@@H](O)CNCC(O)[C@@H](Cc1ccccc1)NC(=O)NCc1ccccc1. The Morgan fingerprint density at radius 1 is 0.690 bits per heavy atom. The summed E-state index contributed by atoms with van der Waals surface area (Å²) in [6, 6.07) is 27.1. The van der Waals surface area contributed by atoms with Gasteiger partial charge in [0.05, 0.1) is 24.3 Å². The van der Waals surface area contributed by atoms with Gasteiger partial charge in [0.2, 0.25) is 0 Å². The van der Waals surface area contributed by atoms with E-state index in [1.807, 2.05) is 91.0 Å². The van der Waals surface area contributed by atoms with E-state index < -0.39 is 36.0 Å². The minimum absolute atomic E-state index is 0.0998. The molecule has 0 aliphatic heterocycles. The number of urea groups is 1. The van der Waals surface area contributed by atoms with Gasteiger partial charge in [-0.3, -0.25) is 0 Å². The Bertz CT molecular complexity index is 1210. The molecular weight excluding hydrogens is 532 g/mol. The summed E-state index contributed by atoms with van der Waals surface area (Å²) < 4.78 is 5.40. The van der Waals surface area contributed by atoms with E-state index >= 15 is 0 Å². The van der Waals surface area contributed by atoms with Crippen molar-refractivity contribution < 1.29 is 24.5 Å². The van der Waals surface area contributed by atoms with Gasteiger partial charge < -0.3 is 36.2 Å². The van der Waals surface area contributed by atoms with Crippen LogP contribution in [-0.4, -0.2) is 65.3 Å². The first-order valence-corrected chi connectivity index (χ1v) is 14.3. The first-order valence-electron chi connectivity index (χ1n) is 14.3. The smallest absolute Gasteiger partial charge is 0.407 e. The van der Waals surface area contributed by atoms with Crippen LogP contribution in [0.3, 0.4) is 0 Å². The van der Waals surface area contributed by atoms with Gasteiger partial charge in [-0.15, -0.1) is 0 Å². The van der Waals surface area contributed by atoms with Crippen molar-refractivity contribution in [1.82, 2.24) is 21.3 Å². The molecule has 0 bridgehead atoms. The highest BCUT2D eigenvalue weighted by Gasteiger charge is 2.26. The molecule has 0 fully saturated rings. The maximum atomic E-state index is 12.7. The zero-order valence-electron chi connectivity index (χ0n) is 24.6. The maximum Gasteiger partial charge on any atom is 0.407 e. The number of hydrogen-bond donors (Lipinski definition) is 6. The molecule has 0 heterocycles. The van der Waals surface area contributed by atoms with Crippen LogP contribution in [0, 0.1) is 0 Å². The van der Waals surface area contributed by atoms with E-state index in [-0.39, 0.29) is 19.1 Å². The number of amides is 3. The van der Waals surface area contributed by atoms with Crippen molar-refractivity contribution in [3.63, 3.8) is 0 Å². The van der Waals surface area contributed by atoms with Gasteiger partial charge in [0.1, 0.15) is 5.60 Å². The Balaban J connectivity index is 1.59. The lowest BCUT2D eigenvalue weighted by Crippen LogP contribution is -2.53. The van der Waals surface area contributed by atoms with Crippen molar-refractivity contribution in [3.05, 3.63) is 108 Å². The second-order valence-electron chi connectivity index (χ2n) is 11.3. The fourth-order valence-electron chi connectivity index (χ4n) is 4.42. The summed E-state index contributed by atoms with van der Waals surface area (Å²) in [6.07, 6.45) is -1.73. The third kappa shape index (κ3) is 12.3. The van der Waals surface area contributed by atoms with Crippen LogP contribution in [0.15, 0.2) is 91.0 Å². The Labute approximate surface area is 248 Å². The van der Waals surface area contributed by atoms with Crippen molar-refractivity contribution in [3.8, 4) is 0 Å². The standard InChI is InChI=1S/C33H44N4O5/c1-33(2,3)42-32(41)37-28(20-25-15-9-5-10-16-25)30(39)23-34-22-29(38)27(19-24-13-7-4-8-14-24)36-31(40)35-21-26-17-11-6-12-18-26/h4-18,27-30,34,38-39H,19-23H2,1-3H3,(H,37,41)(H2,35,36,40)/t27-,28-,29?,30+/m1/s1. The van der Waals surface area contributed by atoms with Crippen molar-refractivity contribution in [2.75, 3.05) is 13.1 Å². The summed E-state index contributed by atoms with van der Waals surface area (Å²) >= 11 is 0. The first kappa shape index (κ1) is 32.6. The summed E-state index contributed by atoms with van der Waals surface area (Å²) in [5.41, 5.74) is 2.21. The molecule has 3 amide bonds. The summed E-state index contributed by atoms with van der Waals surface area (Å²) in [5.74, 6) is 0. The topological polar surface area (TPSA) is 132 Å². The zero-order valence-corrected chi connectivity index (χ0v) is 24.6. The molecule has 42 heavy (non-hydrogen) atoms. The molecular formula is C33H44N4O5. The van der Waals surface area contributed by atoms with Gasteiger partial charge >= 0.3 is 12.1 Å². The number of carbonyl (C=O) groups excluding carboxylic acids is 2. The third-order valence-corrected chi connectivity index (χ3v) is 6.55. The molecule has 1 unspecified atom stereocenters. The molecule has 0 saturated heterocycles. The Morgan fingerprint density at radius 3 is 1.57 bits per heavy atom. The second kappa shape index (κ2) is 16.5. The normalized spacial score (nSPS) is 14.2. The van der Waals surface area contributed by atoms with Gasteiger partial charge in [0, 0.05) is 19.6 Å². The fourth-order valence-corrected chi connectivity index (χ4v) is 4.42. The molecule has 0 saturated carbocycles. The van der Waals surface area contributed by atoms with E-state index in [1.54, 1.807) is 20.8 Å². The highest BCUT2D eigenvalue weighted by atomic mass is 16.6. The van der Waals surface area contributed by atoms with Crippen LogP contribution >= 0.6 is 0 Å². The van der Waals surface area contributed by atoms with Crippen LogP contribution in [0.5, 0.6) is 0 Å². The predicted molar refractivity (Wildman–Crippen MR) is 164 cm³/mol. The lowest BCUT2D eigenvalue weighted by atomic mass is 10.00. The van der Waals surface area contributed by atoms with E-state index in [4.69, 9.17) is 4.74 Å². The number of nitrogens with one attached hydrogen (secondary N) is 4. The van der Waals surface area contributed by atoms with E-state index in [9.17, 15) is 19.8 Å². The molecule has 3 aromatic rings. The number of aliphatic hydroxyl groups excluding tert-OH is 2. The number of aliphatic hydroxyl groups is 2. The monoisotopic (exact) mass is 576 g/mol. The van der Waals surface area contributed by atoms with Crippen LogP contribution in [0.2, 0.25) is 0 Å². The van der Waals surface area contributed by atoms with Crippen LogP contribution in [0.4, 0.5) is 9.59 Å². The molecule has 0 spiro atoms. The number of benzene rings is 3. The average Bonchev–Trinajstić information content (AvgIpc) is 2.96. The third-order valence-electron chi connectivity index (χ3n) is 6.55. The van der Waals surface area contributed by atoms with Crippen LogP contribution in [0.25, 0.3) is 0 Å². The van der Waals surface area contributed by atoms with Crippen molar-refractivity contribution in [1.29, 1.82) is 0 Å². The summed E-state index contributed by atoms with van der Waals surface area (Å²) in [5, 5.41) is 33.8. The van der Waals surface area contributed by atoms with Crippen molar-refractivity contribution in [2.45, 2.75) is 70.1 Å². The highest BCUT2D eigenvalue weighted by molar-refractivity contribution is 5.74. The number of alkyl carbamates (subject to hydrolysis) is 1. The molecule has 9 heteroatoms. The molecule has 226 valence electrons. The largest absolute Gasteiger partial charge is 0.444 e. The molecule has 0 radical (unpaired) electrons. The zero-order chi connectivity index (χ0) is 30.4. The summed E-state index contributed by atoms with van der Waals surface area (Å²) in [7, 11) is 0. The van der Waals surface area contributed by atoms with Gasteiger partial charge in [-0.25, -0.2) is 9.59 Å². The van der Waals surface area contributed by atoms with Crippen LogP contribution < -0.4 is 21.3 Å². The lowest BCUT2D eigenvalue weighted by molar-refractivity contribution is 0.0416. The van der Waals surface area contributed by atoms with E-state index in [0.29, 0.717) is 19.4 Å². The molecule has 0 aromatic heterocycles. The van der Waals surface area contributed by atoms with Crippen molar-refractivity contribution >= 4 is 12.1 Å². The van der Waals surface area contributed by atoms with Gasteiger partial charge in [-0.2, -0.15) is 0 Å². The van der Waals surface area contributed by atoms with Gasteiger partial charge in [-0.1, -0.05) is 91.0 Å². The molecule has 3 aromatic carbocycles. The lowest BCUT2D eigenvalue weighted by Gasteiger charge is -2.28. The van der Waals surface area contributed by atoms with Gasteiger partial charge in [0.25, 0.3) is 0 Å². The molecule has 0 aliphatic rings. The van der Waals surface area contributed by atoms with E-state index in [2.05, 4.69) is 21.3 Å². The van der Waals surface area contributed by atoms with E-state index in [1.165, 1.54) is 0 Å². The average molecular weight is 577 g/mol. The summed E-state index contributed by atoms with van der Waals surface area (Å²) in [6.45, 7) is 5.90. The number of hydrogen-bond acceptors (Lipinski definition) is 6. The van der Waals surface area contributed by atoms with Crippen LogP contribution in [0.1, 0.15) is 37.5 Å². The first-order chi connectivity index (χ1) is 20.1. The fraction of sp³-hybridized carbons (Fsp3) is 0.394. The molecule has 4 atom stereocenters. The van der Waals surface area contributed by atoms with Crippen LogP contribution in [-0.2, 0) is 24.1 Å². The minimum Gasteiger partial charge on any atom is -0.444 e. The second-order valence-corrected chi connectivity index (χ2v) is 11.3. The minimum atomic E-state index is -0.973. The molecule has 0 aliphatic carbocycles. The molecule has 6 N–H and O–H groups in total. The predicted octanol–water partition coefficient (Wildman–Crippen LogP) is 3.54. The molecule has 3 rings (SSSR count). The Hall–Kier alpha value is -3.92. The highest BCUT2D eigenvalue weighted by Crippen LogP contribution is 2.11. The van der Waals surface area contributed by atoms with E-state index in [0.717, 1.165) is 16.7 Å². The Morgan fingerprint density at radius 2 is 1.12 bits per heavy atom. The molecule has 9 nitrogen and oxygen atoms in total.